The van der Waals surface area contributed by atoms with Crippen LogP contribution in [0.15, 0.2) is 48.9 Å². The predicted molar refractivity (Wildman–Crippen MR) is 111 cm³/mol. The molecule has 12 heteroatoms. The number of carboxylic acid groups (broad SMARTS) is 1. The fraction of sp³-hybridized carbons (Fsp3) is 0.429. The Kier molecular flexibility index (Phi) is 8.17. The fourth-order valence-corrected chi connectivity index (χ4v) is 3.50. The minimum absolute atomic E-state index is 0.0464. The van der Waals surface area contributed by atoms with Crippen molar-refractivity contribution in [2.45, 2.75) is 44.8 Å². The fourth-order valence-electron chi connectivity index (χ4n) is 3.50. The van der Waals surface area contributed by atoms with Crippen molar-refractivity contribution in [3.8, 4) is 0 Å². The van der Waals surface area contributed by atoms with Crippen LogP contribution in [0.1, 0.15) is 35.7 Å². The molecule has 0 saturated carbocycles. The maximum absolute atomic E-state index is 10.6. The molecule has 178 valence electrons. The van der Waals surface area contributed by atoms with Crippen LogP contribution in [0.2, 0.25) is 0 Å². The highest BCUT2D eigenvalue weighted by atomic mass is 19.4. The summed E-state index contributed by atoms with van der Waals surface area (Å²) in [6.07, 6.45) is 2.69. The number of carbonyl (C=O) groups is 1. The Morgan fingerprint density at radius 3 is 2.18 bits per heavy atom. The molecule has 3 aromatic rings. The van der Waals surface area contributed by atoms with Gasteiger partial charge in [-0.3, -0.25) is 9.58 Å². The molecule has 0 amide bonds. The lowest BCUT2D eigenvalue weighted by molar-refractivity contribution is -0.192. The third kappa shape index (κ3) is 7.39. The molecule has 1 aliphatic rings. The molecule has 4 rings (SSSR count). The zero-order valence-electron chi connectivity index (χ0n) is 17.8. The topological polar surface area (TPSA) is 109 Å². The van der Waals surface area contributed by atoms with Gasteiger partial charge in [0, 0.05) is 32.0 Å². The van der Waals surface area contributed by atoms with E-state index < -0.39 is 12.1 Å². The summed E-state index contributed by atoms with van der Waals surface area (Å²) in [6, 6.07) is 11.1. The van der Waals surface area contributed by atoms with Gasteiger partial charge in [0.2, 0.25) is 0 Å². The molecule has 0 bridgehead atoms. The number of carboxylic acids is 1. The molecular weight excluding hydrogens is 441 g/mol. The number of nitrogens with zero attached hydrogens (tertiary/aromatic N) is 6. The molecule has 3 heterocycles. The van der Waals surface area contributed by atoms with E-state index in [1.165, 1.54) is 11.1 Å². The molecule has 0 atom stereocenters. The normalized spacial score (nSPS) is 15.2. The van der Waals surface area contributed by atoms with Gasteiger partial charge in [-0.05, 0) is 30.0 Å². The van der Waals surface area contributed by atoms with Crippen molar-refractivity contribution in [1.29, 1.82) is 0 Å². The van der Waals surface area contributed by atoms with Crippen molar-refractivity contribution in [2.24, 2.45) is 0 Å². The molecule has 0 unspecified atom stereocenters. The number of hydrogen-bond donors (Lipinski definition) is 2. The molecule has 1 fully saturated rings. The highest BCUT2D eigenvalue weighted by molar-refractivity contribution is 5.73. The highest BCUT2D eigenvalue weighted by Gasteiger charge is 2.38. The van der Waals surface area contributed by atoms with Crippen LogP contribution < -0.4 is 0 Å². The summed E-state index contributed by atoms with van der Waals surface area (Å²) in [6.45, 7) is 3.84. The Labute approximate surface area is 188 Å². The number of aromatic nitrogens is 5. The minimum atomic E-state index is -5.08. The number of aliphatic carboxylic acids is 1. The Hall–Kier alpha value is -3.25. The highest BCUT2D eigenvalue weighted by Crippen LogP contribution is 2.23. The first-order chi connectivity index (χ1) is 15.7. The van der Waals surface area contributed by atoms with Crippen molar-refractivity contribution < 1.29 is 28.2 Å². The van der Waals surface area contributed by atoms with Crippen LogP contribution in [0.25, 0.3) is 0 Å². The van der Waals surface area contributed by atoms with E-state index in [-0.39, 0.29) is 6.61 Å². The third-order valence-electron chi connectivity index (χ3n) is 5.23. The van der Waals surface area contributed by atoms with Gasteiger partial charge >= 0.3 is 12.1 Å². The SMILES string of the molecule is O=C(O)C(F)(F)F.OCc1cn(C2CCN(Cc3ccc(Cn4cccn4)cc3)CC2)nn1. The number of alkyl halides is 3. The second-order valence-electron chi connectivity index (χ2n) is 7.68. The largest absolute Gasteiger partial charge is 0.490 e. The summed E-state index contributed by atoms with van der Waals surface area (Å²) in [5, 5.41) is 28.6. The van der Waals surface area contributed by atoms with Crippen LogP contribution in [0, 0.1) is 0 Å². The van der Waals surface area contributed by atoms with Gasteiger partial charge in [-0.15, -0.1) is 5.10 Å². The number of halogens is 3. The van der Waals surface area contributed by atoms with E-state index in [4.69, 9.17) is 15.0 Å². The molecule has 1 saturated heterocycles. The summed E-state index contributed by atoms with van der Waals surface area (Å²) >= 11 is 0. The smallest absolute Gasteiger partial charge is 0.475 e. The number of likely N-dealkylation sites (tertiary alicyclic amines) is 1. The second-order valence-corrected chi connectivity index (χ2v) is 7.68. The first-order valence-corrected chi connectivity index (χ1v) is 10.3. The molecule has 2 N–H and O–H groups in total. The quantitative estimate of drug-likeness (QED) is 0.575. The number of aliphatic hydroxyl groups excluding tert-OH is 1. The lowest BCUT2D eigenvalue weighted by Gasteiger charge is -2.31. The summed E-state index contributed by atoms with van der Waals surface area (Å²) in [5.41, 5.74) is 3.25. The van der Waals surface area contributed by atoms with Crippen LogP contribution in [-0.4, -0.2) is 65.1 Å². The summed E-state index contributed by atoms with van der Waals surface area (Å²) < 4.78 is 35.6. The Bertz CT molecular complexity index is 997. The van der Waals surface area contributed by atoms with E-state index in [2.05, 4.69) is 44.6 Å². The maximum Gasteiger partial charge on any atom is 0.490 e. The van der Waals surface area contributed by atoms with E-state index in [9.17, 15) is 13.2 Å². The summed E-state index contributed by atoms with van der Waals surface area (Å²) in [4.78, 5) is 11.4. The van der Waals surface area contributed by atoms with E-state index >= 15 is 0 Å². The molecule has 9 nitrogen and oxygen atoms in total. The predicted octanol–water partition coefficient (Wildman–Crippen LogP) is 2.49. The van der Waals surface area contributed by atoms with Gasteiger partial charge in [0.1, 0.15) is 5.69 Å². The zero-order valence-corrected chi connectivity index (χ0v) is 17.8. The molecule has 1 aromatic carbocycles. The lowest BCUT2D eigenvalue weighted by atomic mass is 10.0. The Morgan fingerprint density at radius 1 is 1.09 bits per heavy atom. The van der Waals surface area contributed by atoms with E-state index in [0.717, 1.165) is 39.0 Å². The molecule has 1 aliphatic heterocycles. The minimum Gasteiger partial charge on any atom is -0.475 e. The van der Waals surface area contributed by atoms with Gasteiger partial charge in [0.25, 0.3) is 0 Å². The average Bonchev–Trinajstić information content (AvgIpc) is 3.47. The molecule has 0 spiro atoms. The van der Waals surface area contributed by atoms with E-state index in [1.54, 1.807) is 0 Å². The number of aliphatic hydroxyl groups is 1. The molecule has 0 aliphatic carbocycles. The van der Waals surface area contributed by atoms with Gasteiger partial charge in [-0.25, -0.2) is 9.48 Å². The average molecular weight is 466 g/mol. The van der Waals surface area contributed by atoms with Crippen LogP contribution in [0.3, 0.4) is 0 Å². The van der Waals surface area contributed by atoms with E-state index in [1.807, 2.05) is 34.0 Å². The van der Waals surface area contributed by atoms with Gasteiger partial charge in [-0.2, -0.15) is 18.3 Å². The van der Waals surface area contributed by atoms with Crippen LogP contribution in [-0.2, 0) is 24.5 Å². The van der Waals surface area contributed by atoms with Crippen molar-refractivity contribution >= 4 is 5.97 Å². The monoisotopic (exact) mass is 466 g/mol. The maximum atomic E-state index is 10.6. The molecule has 0 radical (unpaired) electrons. The summed E-state index contributed by atoms with van der Waals surface area (Å²) in [5.74, 6) is -2.76. The van der Waals surface area contributed by atoms with Crippen LogP contribution in [0.4, 0.5) is 13.2 Å². The van der Waals surface area contributed by atoms with Crippen molar-refractivity contribution in [2.75, 3.05) is 13.1 Å². The number of piperidine rings is 1. The van der Waals surface area contributed by atoms with Gasteiger partial charge < -0.3 is 10.2 Å². The molecular formula is C21H25F3N6O3. The van der Waals surface area contributed by atoms with Crippen molar-refractivity contribution in [1.82, 2.24) is 29.7 Å². The zero-order chi connectivity index (χ0) is 23.8. The Morgan fingerprint density at radius 2 is 1.70 bits per heavy atom. The first-order valence-electron chi connectivity index (χ1n) is 10.3. The first kappa shape index (κ1) is 24.4. The van der Waals surface area contributed by atoms with E-state index in [0.29, 0.717) is 11.7 Å². The van der Waals surface area contributed by atoms with Crippen molar-refractivity contribution in [3.05, 3.63) is 65.7 Å². The molecule has 2 aromatic heterocycles. The Balaban J connectivity index is 0.000000383. The van der Waals surface area contributed by atoms with Gasteiger partial charge in [0.05, 0.1) is 25.4 Å². The second kappa shape index (κ2) is 11.1. The molecule has 33 heavy (non-hydrogen) atoms. The van der Waals surface area contributed by atoms with Crippen LogP contribution in [0.5, 0.6) is 0 Å². The van der Waals surface area contributed by atoms with Crippen molar-refractivity contribution in [3.63, 3.8) is 0 Å². The number of benzene rings is 1. The van der Waals surface area contributed by atoms with Gasteiger partial charge in [0.15, 0.2) is 0 Å². The van der Waals surface area contributed by atoms with Gasteiger partial charge in [-0.1, -0.05) is 29.5 Å². The third-order valence-corrected chi connectivity index (χ3v) is 5.23. The number of rotatable bonds is 6. The standard InChI is InChI=1S/C19H24N6O.C2HF3O2/c26-15-18-14-25(22-21-18)19-6-10-23(11-7-19)12-16-2-4-17(5-3-16)13-24-9-1-8-20-24;3-2(4,5)1(6)7/h1-5,8-9,14,19,26H,6-7,10-13,15H2;(H,6,7). The lowest BCUT2D eigenvalue weighted by Crippen LogP contribution is -2.34. The van der Waals surface area contributed by atoms with Crippen LogP contribution >= 0.6 is 0 Å². The summed E-state index contributed by atoms with van der Waals surface area (Å²) in [7, 11) is 0. The number of hydrogen-bond acceptors (Lipinski definition) is 6.